The van der Waals surface area contributed by atoms with Crippen LogP contribution in [0.3, 0.4) is 0 Å². The second-order valence-corrected chi connectivity index (χ2v) is 4.63. The van der Waals surface area contributed by atoms with Crippen molar-refractivity contribution in [2.45, 2.75) is 19.9 Å². The number of methoxy groups -OCH3 is 2. The maximum Gasteiger partial charge on any atom is 0.340 e. The van der Waals surface area contributed by atoms with Gasteiger partial charge < -0.3 is 14.8 Å². The van der Waals surface area contributed by atoms with Crippen LogP contribution in [0, 0.1) is 11.7 Å². The van der Waals surface area contributed by atoms with Gasteiger partial charge in [0, 0.05) is 12.8 Å². The van der Waals surface area contributed by atoms with E-state index in [-0.39, 0.29) is 11.6 Å². The first-order chi connectivity index (χ1) is 8.99. The molecular weight excluding hydrogens is 249 g/mol. The van der Waals surface area contributed by atoms with E-state index < -0.39 is 11.8 Å². The SMILES string of the molecule is COCC(Nc1ccc(F)cc1C(=O)OC)C(C)C. The maximum absolute atomic E-state index is 13.2. The van der Waals surface area contributed by atoms with Crippen LogP contribution in [-0.2, 0) is 9.47 Å². The van der Waals surface area contributed by atoms with Crippen LogP contribution in [0.1, 0.15) is 24.2 Å². The molecule has 19 heavy (non-hydrogen) atoms. The van der Waals surface area contributed by atoms with Crippen LogP contribution < -0.4 is 5.32 Å². The summed E-state index contributed by atoms with van der Waals surface area (Å²) < 4.78 is 23.0. The number of nitrogens with one attached hydrogen (secondary N) is 1. The molecule has 0 bridgehead atoms. The van der Waals surface area contributed by atoms with Crippen LogP contribution in [0.15, 0.2) is 18.2 Å². The lowest BCUT2D eigenvalue weighted by Crippen LogP contribution is -2.31. The fourth-order valence-electron chi connectivity index (χ4n) is 1.70. The molecule has 0 aliphatic heterocycles. The highest BCUT2D eigenvalue weighted by Gasteiger charge is 2.18. The summed E-state index contributed by atoms with van der Waals surface area (Å²) in [7, 11) is 2.88. The Labute approximate surface area is 112 Å². The second kappa shape index (κ2) is 7.09. The molecule has 0 spiro atoms. The summed E-state index contributed by atoms with van der Waals surface area (Å²) in [4.78, 5) is 11.6. The molecule has 0 fully saturated rings. The molecular formula is C14H20FNO3. The summed E-state index contributed by atoms with van der Waals surface area (Å²) in [6, 6.07) is 4.03. The second-order valence-electron chi connectivity index (χ2n) is 4.63. The van der Waals surface area contributed by atoms with Gasteiger partial charge in [-0.05, 0) is 24.1 Å². The molecule has 0 saturated carbocycles. The van der Waals surface area contributed by atoms with E-state index in [0.717, 1.165) is 0 Å². The summed E-state index contributed by atoms with van der Waals surface area (Å²) in [6.45, 7) is 4.58. The topological polar surface area (TPSA) is 47.6 Å². The standard InChI is InChI=1S/C14H20FNO3/c1-9(2)13(8-18-3)16-12-6-5-10(15)7-11(12)14(17)19-4/h5-7,9,13,16H,8H2,1-4H3. The van der Waals surface area contributed by atoms with Gasteiger partial charge in [-0.25, -0.2) is 9.18 Å². The average molecular weight is 269 g/mol. The van der Waals surface area contributed by atoms with Crippen molar-refractivity contribution >= 4 is 11.7 Å². The van der Waals surface area contributed by atoms with Crippen molar-refractivity contribution in [2.24, 2.45) is 5.92 Å². The highest BCUT2D eigenvalue weighted by atomic mass is 19.1. The van der Waals surface area contributed by atoms with E-state index in [2.05, 4.69) is 10.1 Å². The molecule has 4 nitrogen and oxygen atoms in total. The normalized spacial score (nSPS) is 12.3. The highest BCUT2D eigenvalue weighted by molar-refractivity contribution is 5.95. The van der Waals surface area contributed by atoms with Crippen molar-refractivity contribution in [3.63, 3.8) is 0 Å². The van der Waals surface area contributed by atoms with Crippen LogP contribution in [-0.4, -0.2) is 32.8 Å². The molecule has 106 valence electrons. The zero-order valence-electron chi connectivity index (χ0n) is 11.7. The van der Waals surface area contributed by atoms with Crippen molar-refractivity contribution in [1.82, 2.24) is 0 Å². The lowest BCUT2D eigenvalue weighted by Gasteiger charge is -2.23. The van der Waals surface area contributed by atoms with E-state index in [1.807, 2.05) is 13.8 Å². The first kappa shape index (κ1) is 15.4. The molecule has 1 N–H and O–H groups in total. The van der Waals surface area contributed by atoms with Gasteiger partial charge in [0.2, 0.25) is 0 Å². The Morgan fingerprint density at radius 3 is 2.58 bits per heavy atom. The monoisotopic (exact) mass is 269 g/mol. The third-order valence-electron chi connectivity index (χ3n) is 2.88. The van der Waals surface area contributed by atoms with Crippen LogP contribution >= 0.6 is 0 Å². The number of benzene rings is 1. The Morgan fingerprint density at radius 2 is 2.05 bits per heavy atom. The number of esters is 1. The van der Waals surface area contributed by atoms with E-state index in [1.165, 1.54) is 25.3 Å². The Morgan fingerprint density at radius 1 is 1.37 bits per heavy atom. The average Bonchev–Trinajstić information content (AvgIpc) is 2.38. The zero-order valence-corrected chi connectivity index (χ0v) is 11.7. The number of hydrogen-bond acceptors (Lipinski definition) is 4. The van der Waals surface area contributed by atoms with E-state index in [9.17, 15) is 9.18 Å². The smallest absolute Gasteiger partial charge is 0.340 e. The van der Waals surface area contributed by atoms with Crippen molar-refractivity contribution in [2.75, 3.05) is 26.1 Å². The third-order valence-corrected chi connectivity index (χ3v) is 2.88. The van der Waals surface area contributed by atoms with E-state index in [0.29, 0.717) is 18.2 Å². The molecule has 0 radical (unpaired) electrons. The summed E-state index contributed by atoms with van der Waals surface area (Å²) >= 11 is 0. The summed E-state index contributed by atoms with van der Waals surface area (Å²) in [6.07, 6.45) is 0. The van der Waals surface area contributed by atoms with Gasteiger partial charge in [-0.15, -0.1) is 0 Å². The van der Waals surface area contributed by atoms with Crippen LogP contribution in [0.2, 0.25) is 0 Å². The third kappa shape index (κ3) is 4.21. The van der Waals surface area contributed by atoms with Gasteiger partial charge in [-0.2, -0.15) is 0 Å². The lowest BCUT2D eigenvalue weighted by molar-refractivity contribution is 0.0601. The molecule has 1 rings (SSSR count). The predicted molar refractivity (Wildman–Crippen MR) is 71.9 cm³/mol. The Hall–Kier alpha value is -1.62. The van der Waals surface area contributed by atoms with Gasteiger partial charge in [-0.1, -0.05) is 13.8 Å². The Kier molecular flexibility index (Phi) is 5.76. The van der Waals surface area contributed by atoms with Crippen LogP contribution in [0.5, 0.6) is 0 Å². The Bertz CT molecular complexity index is 435. The first-order valence-electron chi connectivity index (χ1n) is 6.13. The van der Waals surface area contributed by atoms with Gasteiger partial charge in [0.15, 0.2) is 0 Å². The van der Waals surface area contributed by atoms with Gasteiger partial charge in [0.05, 0.1) is 25.3 Å². The number of ether oxygens (including phenoxy) is 2. The summed E-state index contributed by atoms with van der Waals surface area (Å²) in [5.41, 5.74) is 0.730. The number of anilines is 1. The molecule has 1 atom stereocenters. The molecule has 0 aromatic heterocycles. The number of hydrogen-bond donors (Lipinski definition) is 1. The van der Waals surface area contributed by atoms with Gasteiger partial charge in [0.25, 0.3) is 0 Å². The zero-order chi connectivity index (χ0) is 14.4. The Balaban J connectivity index is 3.01. The van der Waals surface area contributed by atoms with Crippen LogP contribution in [0.4, 0.5) is 10.1 Å². The molecule has 1 aromatic carbocycles. The molecule has 0 saturated heterocycles. The molecule has 0 amide bonds. The fraction of sp³-hybridized carbons (Fsp3) is 0.500. The molecule has 0 aliphatic rings. The van der Waals surface area contributed by atoms with Crippen molar-refractivity contribution < 1.29 is 18.7 Å². The van der Waals surface area contributed by atoms with E-state index in [1.54, 1.807) is 7.11 Å². The van der Waals surface area contributed by atoms with Crippen molar-refractivity contribution in [3.8, 4) is 0 Å². The van der Waals surface area contributed by atoms with E-state index in [4.69, 9.17) is 4.74 Å². The highest BCUT2D eigenvalue weighted by Crippen LogP contribution is 2.21. The van der Waals surface area contributed by atoms with Crippen molar-refractivity contribution in [3.05, 3.63) is 29.6 Å². The lowest BCUT2D eigenvalue weighted by atomic mass is 10.0. The predicted octanol–water partition coefficient (Wildman–Crippen LogP) is 2.70. The molecule has 5 heteroatoms. The van der Waals surface area contributed by atoms with Gasteiger partial charge in [0.1, 0.15) is 5.82 Å². The minimum absolute atomic E-state index is 0.0267. The molecule has 0 aliphatic carbocycles. The number of carbonyl (C=O) groups is 1. The van der Waals surface area contributed by atoms with Gasteiger partial charge >= 0.3 is 5.97 Å². The number of carbonyl (C=O) groups excluding carboxylic acids is 1. The maximum atomic E-state index is 13.2. The van der Waals surface area contributed by atoms with Crippen molar-refractivity contribution in [1.29, 1.82) is 0 Å². The first-order valence-corrected chi connectivity index (χ1v) is 6.13. The summed E-state index contributed by atoms with van der Waals surface area (Å²) in [5, 5.41) is 3.20. The van der Waals surface area contributed by atoms with Crippen LogP contribution in [0.25, 0.3) is 0 Å². The quantitative estimate of drug-likeness (QED) is 0.807. The van der Waals surface area contributed by atoms with Gasteiger partial charge in [-0.3, -0.25) is 0 Å². The largest absolute Gasteiger partial charge is 0.465 e. The minimum Gasteiger partial charge on any atom is -0.465 e. The number of halogens is 1. The molecule has 0 heterocycles. The minimum atomic E-state index is -0.568. The molecule has 1 aromatic rings. The fourth-order valence-corrected chi connectivity index (χ4v) is 1.70. The molecule has 1 unspecified atom stereocenters. The van der Waals surface area contributed by atoms with E-state index >= 15 is 0 Å². The number of rotatable bonds is 6. The summed E-state index contributed by atoms with van der Waals surface area (Å²) in [5.74, 6) is -0.740.